The van der Waals surface area contributed by atoms with E-state index in [0.717, 1.165) is 11.3 Å². The highest BCUT2D eigenvalue weighted by atomic mass is 16.3. The number of fused-ring (bicyclic) bond motifs is 6. The van der Waals surface area contributed by atoms with Gasteiger partial charge in [0, 0.05) is 22.3 Å². The fourth-order valence-corrected chi connectivity index (χ4v) is 3.73. The molecular formula is C22H16O. The highest BCUT2D eigenvalue weighted by molar-refractivity contribution is 6.08. The molecule has 0 aliphatic heterocycles. The maximum Gasteiger partial charge on any atom is 0.142 e. The van der Waals surface area contributed by atoms with Crippen molar-refractivity contribution in [3.05, 3.63) is 83.1 Å². The third-order valence-electron chi connectivity index (χ3n) is 4.93. The van der Waals surface area contributed by atoms with Gasteiger partial charge in [-0.05, 0) is 22.6 Å². The molecule has 1 heterocycles. The molecule has 0 amide bonds. The lowest BCUT2D eigenvalue weighted by atomic mass is 9.94. The van der Waals surface area contributed by atoms with Crippen LogP contribution in [0.4, 0.5) is 0 Å². The SMILES string of the molecule is C[C@@H]1c2ccccc2C=Cc2c1oc1c2ccc2ccccc21. The van der Waals surface area contributed by atoms with Crippen molar-refractivity contribution in [2.24, 2.45) is 0 Å². The lowest BCUT2D eigenvalue weighted by molar-refractivity contribution is 0.534. The van der Waals surface area contributed by atoms with Gasteiger partial charge in [-0.2, -0.15) is 0 Å². The molecule has 1 aromatic heterocycles. The minimum absolute atomic E-state index is 0.252. The molecule has 1 atom stereocenters. The summed E-state index contributed by atoms with van der Waals surface area (Å²) in [5, 5.41) is 3.61. The van der Waals surface area contributed by atoms with E-state index in [0.29, 0.717) is 0 Å². The van der Waals surface area contributed by atoms with Crippen molar-refractivity contribution in [3.63, 3.8) is 0 Å². The number of hydrogen-bond acceptors (Lipinski definition) is 1. The van der Waals surface area contributed by atoms with E-state index in [9.17, 15) is 0 Å². The maximum absolute atomic E-state index is 6.40. The van der Waals surface area contributed by atoms with Crippen molar-refractivity contribution in [2.75, 3.05) is 0 Å². The normalized spacial score (nSPS) is 16.3. The standard InChI is InChI=1S/C22H16O/c1-14-17-8-4-2-6-15(17)10-12-19-20-13-11-16-7-3-5-9-18(16)22(20)23-21(14)19/h2-14H,1H3/t14-/m1/s1. The Morgan fingerprint density at radius 1 is 0.783 bits per heavy atom. The van der Waals surface area contributed by atoms with E-state index in [1.54, 1.807) is 0 Å². The molecular weight excluding hydrogens is 280 g/mol. The lowest BCUT2D eigenvalue weighted by Gasteiger charge is -2.11. The summed E-state index contributed by atoms with van der Waals surface area (Å²) >= 11 is 0. The summed E-state index contributed by atoms with van der Waals surface area (Å²) < 4.78 is 6.40. The summed E-state index contributed by atoms with van der Waals surface area (Å²) in [7, 11) is 0. The summed E-state index contributed by atoms with van der Waals surface area (Å²) in [6.45, 7) is 2.23. The van der Waals surface area contributed by atoms with Crippen LogP contribution in [0.2, 0.25) is 0 Å². The van der Waals surface area contributed by atoms with Gasteiger partial charge in [-0.3, -0.25) is 0 Å². The van der Waals surface area contributed by atoms with Gasteiger partial charge in [0.05, 0.1) is 0 Å². The Morgan fingerprint density at radius 3 is 2.57 bits per heavy atom. The molecule has 110 valence electrons. The van der Waals surface area contributed by atoms with Crippen LogP contribution in [0.25, 0.3) is 33.9 Å². The Labute approximate surface area is 134 Å². The van der Waals surface area contributed by atoms with Gasteiger partial charge in [0.15, 0.2) is 0 Å². The molecule has 0 fully saturated rings. The van der Waals surface area contributed by atoms with Crippen LogP contribution in [0.1, 0.15) is 35.3 Å². The zero-order valence-corrected chi connectivity index (χ0v) is 12.9. The van der Waals surface area contributed by atoms with E-state index >= 15 is 0 Å². The summed E-state index contributed by atoms with van der Waals surface area (Å²) in [5.41, 5.74) is 4.82. The Kier molecular flexibility index (Phi) is 2.54. The smallest absolute Gasteiger partial charge is 0.142 e. The van der Waals surface area contributed by atoms with Gasteiger partial charge in [-0.15, -0.1) is 0 Å². The van der Waals surface area contributed by atoms with Crippen molar-refractivity contribution < 1.29 is 4.42 Å². The second kappa shape index (κ2) is 4.60. The monoisotopic (exact) mass is 296 g/mol. The van der Waals surface area contributed by atoms with Crippen LogP contribution < -0.4 is 0 Å². The molecule has 0 bridgehead atoms. The van der Waals surface area contributed by atoms with Gasteiger partial charge in [0.1, 0.15) is 11.3 Å². The fourth-order valence-electron chi connectivity index (χ4n) is 3.73. The van der Waals surface area contributed by atoms with E-state index < -0.39 is 0 Å². The fraction of sp³-hybridized carbons (Fsp3) is 0.0909. The van der Waals surface area contributed by atoms with Crippen LogP contribution in [0.15, 0.2) is 65.1 Å². The second-order valence-electron chi connectivity index (χ2n) is 6.23. The molecule has 0 N–H and O–H groups in total. The molecule has 0 radical (unpaired) electrons. The van der Waals surface area contributed by atoms with Crippen molar-refractivity contribution in [3.8, 4) is 0 Å². The van der Waals surface area contributed by atoms with Crippen molar-refractivity contribution in [1.29, 1.82) is 0 Å². The van der Waals surface area contributed by atoms with Gasteiger partial charge in [-0.25, -0.2) is 0 Å². The Balaban J connectivity index is 1.87. The minimum Gasteiger partial charge on any atom is -0.459 e. The Bertz CT molecular complexity index is 1080. The van der Waals surface area contributed by atoms with Crippen LogP contribution in [0.3, 0.4) is 0 Å². The van der Waals surface area contributed by atoms with E-state index in [1.807, 2.05) is 0 Å². The van der Waals surface area contributed by atoms with Gasteiger partial charge < -0.3 is 4.42 Å². The van der Waals surface area contributed by atoms with E-state index in [-0.39, 0.29) is 5.92 Å². The first kappa shape index (κ1) is 12.7. The average Bonchev–Trinajstić information content (AvgIpc) is 2.92. The molecule has 1 heteroatoms. The molecule has 3 aromatic carbocycles. The number of benzene rings is 3. The van der Waals surface area contributed by atoms with Crippen molar-refractivity contribution in [1.82, 2.24) is 0 Å². The summed E-state index contributed by atoms with van der Waals surface area (Å²) in [4.78, 5) is 0. The third kappa shape index (κ3) is 1.74. The van der Waals surface area contributed by atoms with Crippen LogP contribution in [0.5, 0.6) is 0 Å². The Morgan fingerprint density at radius 2 is 1.61 bits per heavy atom. The van der Waals surface area contributed by atoms with Crippen LogP contribution in [-0.2, 0) is 0 Å². The second-order valence-corrected chi connectivity index (χ2v) is 6.23. The van der Waals surface area contributed by atoms with Crippen molar-refractivity contribution >= 4 is 33.9 Å². The van der Waals surface area contributed by atoms with Gasteiger partial charge in [-0.1, -0.05) is 73.7 Å². The van der Waals surface area contributed by atoms with E-state index in [1.165, 1.54) is 32.8 Å². The zero-order valence-electron chi connectivity index (χ0n) is 12.9. The molecule has 23 heavy (non-hydrogen) atoms. The van der Waals surface area contributed by atoms with Crippen LogP contribution in [-0.4, -0.2) is 0 Å². The maximum atomic E-state index is 6.40. The third-order valence-corrected chi connectivity index (χ3v) is 4.93. The Hall–Kier alpha value is -2.80. The number of rotatable bonds is 0. The number of furan rings is 1. The molecule has 0 unspecified atom stereocenters. The highest BCUT2D eigenvalue weighted by Gasteiger charge is 2.23. The van der Waals surface area contributed by atoms with Gasteiger partial charge in [0.2, 0.25) is 0 Å². The molecule has 1 nitrogen and oxygen atoms in total. The lowest BCUT2D eigenvalue weighted by Crippen LogP contribution is -1.96. The topological polar surface area (TPSA) is 13.1 Å². The van der Waals surface area contributed by atoms with Crippen LogP contribution >= 0.6 is 0 Å². The predicted molar refractivity (Wildman–Crippen MR) is 96.6 cm³/mol. The first-order valence-electron chi connectivity index (χ1n) is 8.04. The van der Waals surface area contributed by atoms with Crippen molar-refractivity contribution in [2.45, 2.75) is 12.8 Å². The molecule has 1 aliphatic carbocycles. The summed E-state index contributed by atoms with van der Waals surface area (Å²) in [6, 6.07) is 21.4. The summed E-state index contributed by atoms with van der Waals surface area (Å²) in [5.74, 6) is 1.32. The van der Waals surface area contributed by atoms with E-state index in [4.69, 9.17) is 4.42 Å². The summed E-state index contributed by atoms with van der Waals surface area (Å²) in [6.07, 6.45) is 4.42. The first-order chi connectivity index (χ1) is 11.3. The predicted octanol–water partition coefficient (Wildman–Crippen LogP) is 6.22. The highest BCUT2D eigenvalue weighted by Crippen LogP contribution is 2.41. The molecule has 0 saturated heterocycles. The average molecular weight is 296 g/mol. The van der Waals surface area contributed by atoms with Crippen LogP contribution in [0, 0.1) is 0 Å². The number of hydrogen-bond donors (Lipinski definition) is 0. The zero-order chi connectivity index (χ0) is 15.4. The molecule has 4 aromatic rings. The van der Waals surface area contributed by atoms with Gasteiger partial charge >= 0.3 is 0 Å². The molecule has 0 spiro atoms. The molecule has 0 saturated carbocycles. The van der Waals surface area contributed by atoms with E-state index in [2.05, 4.69) is 79.7 Å². The quantitative estimate of drug-likeness (QED) is 0.375. The first-order valence-corrected chi connectivity index (χ1v) is 8.04. The van der Waals surface area contributed by atoms with Gasteiger partial charge in [0.25, 0.3) is 0 Å². The minimum atomic E-state index is 0.252. The molecule has 5 rings (SSSR count). The largest absolute Gasteiger partial charge is 0.459 e. The molecule has 1 aliphatic rings.